The number of nitrogens with zero attached hydrogens (tertiary/aromatic N) is 4. The Morgan fingerprint density at radius 2 is 1.59 bits per heavy atom. The van der Waals surface area contributed by atoms with E-state index in [1.54, 1.807) is 12.1 Å². The van der Waals surface area contributed by atoms with E-state index >= 15 is 0 Å². The van der Waals surface area contributed by atoms with Crippen LogP contribution in [0.25, 0.3) is 0 Å². The van der Waals surface area contributed by atoms with E-state index < -0.39 is 16.6 Å². The Bertz CT molecular complexity index is 913. The minimum atomic E-state index is -1.23. The van der Waals surface area contributed by atoms with Crippen molar-refractivity contribution in [1.82, 2.24) is 0 Å². The van der Waals surface area contributed by atoms with E-state index in [9.17, 15) is 14.9 Å². The van der Waals surface area contributed by atoms with Gasteiger partial charge in [-0.15, -0.1) is 5.11 Å². The van der Waals surface area contributed by atoms with Crippen LogP contribution in [0.4, 0.5) is 22.7 Å². The number of carboxylic acid groups (broad SMARTS) is 1. The molecule has 0 unspecified atom stereocenters. The van der Waals surface area contributed by atoms with Gasteiger partial charge in [0.1, 0.15) is 0 Å². The molecule has 0 aliphatic heterocycles. The molecule has 0 aromatic heterocycles. The number of nitro groups is 1. The molecule has 2 aromatic carbocycles. The lowest BCUT2D eigenvalue weighted by Gasteiger charge is -2.19. The second kappa shape index (κ2) is 13.2. The highest BCUT2D eigenvalue weighted by atomic mass is 16.6. The summed E-state index contributed by atoms with van der Waals surface area (Å²) in [5, 5.41) is 28.2. The summed E-state index contributed by atoms with van der Waals surface area (Å²) in [6, 6.07) is 11.0. The van der Waals surface area contributed by atoms with Crippen molar-refractivity contribution in [2.75, 3.05) is 18.5 Å². The predicted molar refractivity (Wildman–Crippen MR) is 127 cm³/mol. The first-order valence-electron chi connectivity index (χ1n) is 11.2. The van der Waals surface area contributed by atoms with Gasteiger partial charge in [0.25, 0.3) is 5.69 Å². The molecule has 0 atom stereocenters. The maximum Gasteiger partial charge on any atom is 0.335 e. The molecule has 172 valence electrons. The Morgan fingerprint density at radius 3 is 2.19 bits per heavy atom. The van der Waals surface area contributed by atoms with Crippen LogP contribution >= 0.6 is 0 Å². The zero-order chi connectivity index (χ0) is 23.3. The summed E-state index contributed by atoms with van der Waals surface area (Å²) in [4.78, 5) is 23.8. The highest BCUT2D eigenvalue weighted by molar-refractivity contribution is 5.89. The lowest BCUT2D eigenvalue weighted by Crippen LogP contribution is -2.18. The van der Waals surface area contributed by atoms with Crippen LogP contribution in [0.2, 0.25) is 0 Å². The van der Waals surface area contributed by atoms with Crippen molar-refractivity contribution in [2.45, 2.75) is 58.3 Å². The molecule has 8 heteroatoms. The molecule has 0 fully saturated rings. The maximum absolute atomic E-state index is 11.2. The van der Waals surface area contributed by atoms with Crippen molar-refractivity contribution in [1.29, 1.82) is 0 Å². The topological polar surface area (TPSA) is 108 Å². The normalized spacial score (nSPS) is 11.1. The molecule has 0 saturated carbocycles. The van der Waals surface area contributed by atoms with Crippen LogP contribution in [0.3, 0.4) is 0 Å². The fourth-order valence-electron chi connectivity index (χ4n) is 3.38. The predicted octanol–water partition coefficient (Wildman–Crippen LogP) is 7.29. The molecule has 0 saturated heterocycles. The van der Waals surface area contributed by atoms with Gasteiger partial charge in [0, 0.05) is 25.3 Å². The number of unbranched alkanes of at least 4 members (excludes halogenated alkanes) is 7. The van der Waals surface area contributed by atoms with Crippen LogP contribution in [0.1, 0.15) is 68.6 Å². The first-order chi connectivity index (χ1) is 15.4. The van der Waals surface area contributed by atoms with Gasteiger partial charge < -0.3 is 10.0 Å². The van der Waals surface area contributed by atoms with Crippen LogP contribution in [0, 0.1) is 10.1 Å². The Kier molecular flexibility index (Phi) is 10.3. The van der Waals surface area contributed by atoms with E-state index in [-0.39, 0.29) is 11.3 Å². The summed E-state index contributed by atoms with van der Waals surface area (Å²) in [7, 11) is 2.06. The number of rotatable bonds is 14. The fraction of sp³-hybridized carbons (Fsp3) is 0.458. The third-order valence-electron chi connectivity index (χ3n) is 5.33. The van der Waals surface area contributed by atoms with E-state index in [0.29, 0.717) is 5.69 Å². The quantitative estimate of drug-likeness (QED) is 0.144. The van der Waals surface area contributed by atoms with Gasteiger partial charge in [-0.25, -0.2) is 4.79 Å². The second-order valence-electron chi connectivity index (χ2n) is 7.88. The lowest BCUT2D eigenvalue weighted by atomic mass is 10.1. The molecular formula is C24H32N4O4. The zero-order valence-electron chi connectivity index (χ0n) is 18.9. The van der Waals surface area contributed by atoms with Gasteiger partial charge in [-0.1, -0.05) is 51.9 Å². The van der Waals surface area contributed by atoms with Gasteiger partial charge in [-0.05, 0) is 42.8 Å². The third-order valence-corrected chi connectivity index (χ3v) is 5.33. The average Bonchev–Trinajstić information content (AvgIpc) is 2.79. The average molecular weight is 441 g/mol. The number of aromatic carboxylic acids is 1. The summed E-state index contributed by atoms with van der Waals surface area (Å²) >= 11 is 0. The molecule has 0 bridgehead atoms. The number of nitro benzene ring substituents is 1. The van der Waals surface area contributed by atoms with Crippen LogP contribution in [0.15, 0.2) is 52.7 Å². The van der Waals surface area contributed by atoms with E-state index in [0.717, 1.165) is 24.7 Å². The minimum Gasteiger partial charge on any atom is -0.478 e. The van der Waals surface area contributed by atoms with E-state index in [4.69, 9.17) is 5.11 Å². The maximum atomic E-state index is 11.2. The van der Waals surface area contributed by atoms with Crippen molar-refractivity contribution in [3.8, 4) is 0 Å². The van der Waals surface area contributed by atoms with E-state index in [1.807, 2.05) is 12.1 Å². The summed E-state index contributed by atoms with van der Waals surface area (Å²) in [6.45, 7) is 3.22. The van der Waals surface area contributed by atoms with Gasteiger partial charge >= 0.3 is 5.97 Å². The van der Waals surface area contributed by atoms with Gasteiger partial charge in [-0.2, -0.15) is 5.11 Å². The van der Waals surface area contributed by atoms with Crippen molar-refractivity contribution in [3.05, 3.63) is 58.1 Å². The van der Waals surface area contributed by atoms with Crippen LogP contribution in [-0.2, 0) is 0 Å². The van der Waals surface area contributed by atoms with E-state index in [2.05, 4.69) is 29.1 Å². The summed E-state index contributed by atoms with van der Waals surface area (Å²) in [5.74, 6) is -1.23. The largest absolute Gasteiger partial charge is 0.478 e. The number of carbonyl (C=O) groups is 1. The molecule has 8 nitrogen and oxygen atoms in total. The number of anilines is 1. The zero-order valence-corrected chi connectivity index (χ0v) is 18.9. The molecule has 0 radical (unpaired) electrons. The Labute approximate surface area is 189 Å². The first-order valence-corrected chi connectivity index (χ1v) is 11.2. The molecule has 0 amide bonds. The molecule has 2 aromatic rings. The van der Waals surface area contributed by atoms with E-state index in [1.165, 1.54) is 57.1 Å². The Hall–Kier alpha value is -3.29. The molecule has 32 heavy (non-hydrogen) atoms. The van der Waals surface area contributed by atoms with Gasteiger partial charge in [0.15, 0.2) is 5.69 Å². The standard InChI is InChI=1S/C24H32N4O4/c1-3-4-5-6-7-8-9-10-17-27(2)21-14-12-20(13-15-21)25-26-22-16-11-19(24(29)30)18-23(22)28(31)32/h11-16,18H,3-10,17H2,1-2H3,(H,29,30). The minimum absolute atomic E-state index is 0.0101. The summed E-state index contributed by atoms with van der Waals surface area (Å²) < 4.78 is 0. The molecule has 0 aliphatic carbocycles. The smallest absolute Gasteiger partial charge is 0.335 e. The van der Waals surface area contributed by atoms with Crippen LogP contribution in [0.5, 0.6) is 0 Å². The molecule has 0 heterocycles. The molecule has 2 rings (SSSR count). The SMILES string of the molecule is CCCCCCCCCCN(C)c1ccc(N=Nc2ccc(C(=O)O)cc2[N+](=O)[O-])cc1. The van der Waals surface area contributed by atoms with Gasteiger partial charge in [0.05, 0.1) is 16.2 Å². The monoisotopic (exact) mass is 440 g/mol. The van der Waals surface area contributed by atoms with Gasteiger partial charge in [0.2, 0.25) is 0 Å². The lowest BCUT2D eigenvalue weighted by molar-refractivity contribution is -0.384. The Balaban J connectivity index is 1.88. The van der Waals surface area contributed by atoms with Crippen molar-refractivity contribution in [2.24, 2.45) is 10.2 Å². The van der Waals surface area contributed by atoms with Gasteiger partial charge in [-0.3, -0.25) is 10.1 Å². The summed E-state index contributed by atoms with van der Waals surface area (Å²) in [6.07, 6.45) is 10.3. The van der Waals surface area contributed by atoms with Crippen molar-refractivity contribution < 1.29 is 14.8 Å². The van der Waals surface area contributed by atoms with Crippen molar-refractivity contribution in [3.63, 3.8) is 0 Å². The second-order valence-corrected chi connectivity index (χ2v) is 7.88. The third kappa shape index (κ3) is 8.09. The molecule has 1 N–H and O–H groups in total. The molecule has 0 spiro atoms. The highest BCUT2D eigenvalue weighted by Gasteiger charge is 2.17. The first kappa shape index (κ1) is 25.0. The number of carboxylic acids is 1. The number of benzene rings is 2. The molecular weight excluding hydrogens is 408 g/mol. The number of hydrogen-bond donors (Lipinski definition) is 1. The van der Waals surface area contributed by atoms with Crippen molar-refractivity contribution >= 4 is 28.7 Å². The number of azo groups is 1. The number of hydrogen-bond acceptors (Lipinski definition) is 6. The fourth-order valence-corrected chi connectivity index (χ4v) is 3.38. The summed E-state index contributed by atoms with van der Waals surface area (Å²) in [5.41, 5.74) is 1.08. The Morgan fingerprint density at radius 1 is 0.969 bits per heavy atom. The van der Waals surface area contributed by atoms with Crippen LogP contribution < -0.4 is 4.90 Å². The molecule has 0 aliphatic rings. The highest BCUT2D eigenvalue weighted by Crippen LogP contribution is 2.30. The van der Waals surface area contributed by atoms with Crippen LogP contribution in [-0.4, -0.2) is 29.6 Å².